The van der Waals surface area contributed by atoms with Crippen LogP contribution in [0.4, 0.5) is 5.69 Å². The summed E-state index contributed by atoms with van der Waals surface area (Å²) in [6, 6.07) is 16.8. The number of rotatable bonds is 8. The molecule has 0 radical (unpaired) electrons. The number of hydrogen-bond acceptors (Lipinski definition) is 3. The molecule has 23 heavy (non-hydrogen) atoms. The molecule has 4 heteroatoms. The van der Waals surface area contributed by atoms with E-state index in [0.29, 0.717) is 25.2 Å². The van der Waals surface area contributed by atoms with Gasteiger partial charge in [0.05, 0.1) is 11.5 Å². The summed E-state index contributed by atoms with van der Waals surface area (Å²) in [5, 5.41) is 11.2. The maximum atomic E-state index is 11.2. The summed E-state index contributed by atoms with van der Waals surface area (Å²) in [4.78, 5) is 10.9. The molecule has 0 aliphatic heterocycles. The summed E-state index contributed by atoms with van der Waals surface area (Å²) >= 11 is 0. The van der Waals surface area contributed by atoms with Crippen molar-refractivity contribution in [1.82, 2.24) is 0 Å². The van der Waals surface area contributed by atoms with E-state index in [9.17, 15) is 10.1 Å². The molecule has 0 N–H and O–H groups in total. The summed E-state index contributed by atoms with van der Waals surface area (Å²) in [5.74, 6) is -0.0765. The van der Waals surface area contributed by atoms with Gasteiger partial charge in [0.2, 0.25) is 0 Å². The van der Waals surface area contributed by atoms with Crippen LogP contribution in [0.25, 0.3) is 0 Å². The maximum Gasteiger partial charge on any atom is 0.273 e. The van der Waals surface area contributed by atoms with Crippen LogP contribution in [0.3, 0.4) is 0 Å². The van der Waals surface area contributed by atoms with Crippen LogP contribution in [0, 0.1) is 10.1 Å². The number of hydrogen-bond donors (Lipinski definition) is 0. The molecule has 0 saturated carbocycles. The van der Waals surface area contributed by atoms with Gasteiger partial charge in [-0.25, -0.2) is 0 Å². The predicted octanol–water partition coefficient (Wildman–Crippen LogP) is 4.86. The Morgan fingerprint density at radius 3 is 2.48 bits per heavy atom. The third-order valence-electron chi connectivity index (χ3n) is 3.77. The Balaban J connectivity index is 2.00. The van der Waals surface area contributed by atoms with Crippen LogP contribution in [-0.4, -0.2) is 11.5 Å². The topological polar surface area (TPSA) is 52.4 Å². The lowest BCUT2D eigenvalue weighted by molar-refractivity contribution is -0.385. The van der Waals surface area contributed by atoms with Crippen molar-refractivity contribution in [2.45, 2.75) is 25.9 Å². The van der Waals surface area contributed by atoms with Gasteiger partial charge >= 0.3 is 0 Å². The minimum Gasteiger partial charge on any atom is -0.377 e. The van der Waals surface area contributed by atoms with E-state index in [-0.39, 0.29) is 16.5 Å². The SMILES string of the molecule is C=C(C)C(CCOCc1ccccc1)c1ccccc1[N+](=O)[O-]. The van der Waals surface area contributed by atoms with Crippen LogP contribution in [0.2, 0.25) is 0 Å². The molecular weight excluding hydrogens is 290 g/mol. The summed E-state index contributed by atoms with van der Waals surface area (Å²) in [6.07, 6.45) is 0.674. The highest BCUT2D eigenvalue weighted by Crippen LogP contribution is 2.33. The molecule has 1 atom stereocenters. The van der Waals surface area contributed by atoms with Gasteiger partial charge in [-0.15, -0.1) is 0 Å². The Kier molecular flexibility index (Phi) is 6.06. The van der Waals surface area contributed by atoms with Crippen molar-refractivity contribution < 1.29 is 9.66 Å². The van der Waals surface area contributed by atoms with Crippen LogP contribution >= 0.6 is 0 Å². The largest absolute Gasteiger partial charge is 0.377 e. The van der Waals surface area contributed by atoms with E-state index in [2.05, 4.69) is 6.58 Å². The van der Waals surface area contributed by atoms with Crippen molar-refractivity contribution in [1.29, 1.82) is 0 Å². The number of benzene rings is 2. The smallest absolute Gasteiger partial charge is 0.273 e. The Morgan fingerprint density at radius 2 is 1.83 bits per heavy atom. The molecule has 0 aliphatic rings. The van der Waals surface area contributed by atoms with E-state index >= 15 is 0 Å². The summed E-state index contributed by atoms with van der Waals surface area (Å²) in [7, 11) is 0. The van der Waals surface area contributed by atoms with E-state index < -0.39 is 0 Å². The van der Waals surface area contributed by atoms with Crippen LogP contribution in [0.1, 0.15) is 30.4 Å². The standard InChI is InChI=1S/C19H21NO3/c1-15(2)17(18-10-6-7-11-19(18)20(21)22)12-13-23-14-16-8-4-3-5-9-16/h3-11,17H,1,12-14H2,2H3. The van der Waals surface area contributed by atoms with Crippen molar-refractivity contribution in [3.8, 4) is 0 Å². The molecule has 0 amide bonds. The third-order valence-corrected chi connectivity index (χ3v) is 3.77. The predicted molar refractivity (Wildman–Crippen MR) is 91.4 cm³/mol. The average Bonchev–Trinajstić information content (AvgIpc) is 2.55. The fraction of sp³-hybridized carbons (Fsp3) is 0.263. The second-order valence-electron chi connectivity index (χ2n) is 5.54. The van der Waals surface area contributed by atoms with Crippen molar-refractivity contribution >= 4 is 5.69 Å². The first kappa shape index (κ1) is 16.9. The highest BCUT2D eigenvalue weighted by Gasteiger charge is 2.21. The molecule has 0 bridgehead atoms. The molecule has 1 unspecified atom stereocenters. The summed E-state index contributed by atoms with van der Waals surface area (Å²) in [5.41, 5.74) is 2.87. The molecule has 0 saturated heterocycles. The molecule has 0 spiro atoms. The summed E-state index contributed by atoms with van der Waals surface area (Å²) in [6.45, 7) is 6.96. The van der Waals surface area contributed by atoms with Gasteiger partial charge in [0.15, 0.2) is 0 Å². The second-order valence-corrected chi connectivity index (χ2v) is 5.54. The zero-order valence-electron chi connectivity index (χ0n) is 13.3. The third kappa shape index (κ3) is 4.76. The lowest BCUT2D eigenvalue weighted by Crippen LogP contribution is -2.08. The monoisotopic (exact) mass is 311 g/mol. The average molecular weight is 311 g/mol. The van der Waals surface area contributed by atoms with Gasteiger partial charge in [-0.05, 0) is 18.9 Å². The lowest BCUT2D eigenvalue weighted by Gasteiger charge is -2.17. The minimum absolute atomic E-state index is 0.0765. The van der Waals surface area contributed by atoms with E-state index in [0.717, 1.165) is 11.1 Å². The normalized spacial score (nSPS) is 11.9. The molecule has 2 rings (SSSR count). The first-order chi connectivity index (χ1) is 11.1. The number of nitro groups is 1. The van der Waals surface area contributed by atoms with Gasteiger partial charge in [-0.3, -0.25) is 10.1 Å². The molecule has 2 aromatic rings. The van der Waals surface area contributed by atoms with E-state index in [4.69, 9.17) is 4.74 Å². The van der Waals surface area contributed by atoms with Crippen molar-refractivity contribution in [2.75, 3.05) is 6.61 Å². The van der Waals surface area contributed by atoms with Gasteiger partial charge in [-0.2, -0.15) is 0 Å². The number of allylic oxidation sites excluding steroid dienone is 1. The van der Waals surface area contributed by atoms with Crippen LogP contribution in [-0.2, 0) is 11.3 Å². The Labute approximate surface area is 136 Å². The quantitative estimate of drug-likeness (QED) is 0.303. The van der Waals surface area contributed by atoms with E-state index in [1.165, 1.54) is 6.07 Å². The molecule has 4 nitrogen and oxygen atoms in total. The molecule has 0 heterocycles. The van der Waals surface area contributed by atoms with Crippen molar-refractivity contribution in [2.24, 2.45) is 0 Å². The number of nitrogens with zero attached hydrogens (tertiary/aromatic N) is 1. The fourth-order valence-electron chi connectivity index (χ4n) is 2.58. The second kappa shape index (κ2) is 8.25. The van der Waals surface area contributed by atoms with Gasteiger partial charge in [0.25, 0.3) is 5.69 Å². The van der Waals surface area contributed by atoms with Gasteiger partial charge in [0, 0.05) is 24.2 Å². The van der Waals surface area contributed by atoms with E-state index in [1.807, 2.05) is 43.3 Å². The van der Waals surface area contributed by atoms with Gasteiger partial charge in [-0.1, -0.05) is 60.7 Å². The highest BCUT2D eigenvalue weighted by atomic mass is 16.6. The zero-order valence-corrected chi connectivity index (χ0v) is 13.3. The van der Waals surface area contributed by atoms with Crippen molar-refractivity contribution in [3.63, 3.8) is 0 Å². The van der Waals surface area contributed by atoms with Gasteiger partial charge < -0.3 is 4.74 Å². The Hall–Kier alpha value is -2.46. The molecule has 2 aromatic carbocycles. The number of para-hydroxylation sites is 1. The molecule has 0 aliphatic carbocycles. The molecule has 0 aromatic heterocycles. The number of ether oxygens (including phenoxy) is 1. The minimum atomic E-state index is -0.337. The van der Waals surface area contributed by atoms with Crippen LogP contribution in [0.5, 0.6) is 0 Å². The maximum absolute atomic E-state index is 11.2. The lowest BCUT2D eigenvalue weighted by atomic mass is 9.89. The van der Waals surface area contributed by atoms with Crippen molar-refractivity contribution in [3.05, 3.63) is 88.0 Å². The Morgan fingerprint density at radius 1 is 1.17 bits per heavy atom. The first-order valence-electron chi connectivity index (χ1n) is 7.60. The Bertz CT molecular complexity index is 667. The molecule has 0 fully saturated rings. The van der Waals surface area contributed by atoms with Gasteiger partial charge in [0.1, 0.15) is 0 Å². The number of nitro benzene ring substituents is 1. The molecule has 120 valence electrons. The first-order valence-corrected chi connectivity index (χ1v) is 7.60. The zero-order chi connectivity index (χ0) is 16.7. The molecular formula is C19H21NO3. The van der Waals surface area contributed by atoms with E-state index in [1.54, 1.807) is 12.1 Å². The highest BCUT2D eigenvalue weighted by molar-refractivity contribution is 5.45. The fourth-order valence-corrected chi connectivity index (χ4v) is 2.58. The van der Waals surface area contributed by atoms with Crippen LogP contribution in [0.15, 0.2) is 66.7 Å². The van der Waals surface area contributed by atoms with Crippen LogP contribution < -0.4 is 0 Å². The summed E-state index contributed by atoms with van der Waals surface area (Å²) < 4.78 is 5.71.